The smallest absolute Gasteiger partial charge is 0.407 e. The number of benzene rings is 2. The highest BCUT2D eigenvalue weighted by Crippen LogP contribution is 2.39. The molecule has 3 fully saturated rings. The fraction of sp³-hybridized carbons (Fsp3) is 0.459. The number of carbonyl (C=O) groups is 3. The molecule has 3 aliphatic rings. The van der Waals surface area contributed by atoms with Crippen molar-refractivity contribution in [3.63, 3.8) is 0 Å². The molecule has 1 saturated carbocycles. The molecule has 2 saturated heterocycles. The minimum absolute atomic E-state index is 0.0439. The molecule has 6 rings (SSSR count). The number of carbonyl (C=O) groups excluding carboxylic acids is 2. The zero-order valence-electron chi connectivity index (χ0n) is 28.2. The number of amides is 3. The van der Waals surface area contributed by atoms with E-state index in [1.165, 1.54) is 4.90 Å². The number of pyridine rings is 1. The minimum atomic E-state index is -1.03. The van der Waals surface area contributed by atoms with Gasteiger partial charge in [0, 0.05) is 68.7 Å². The number of carboxylic acid groups (broad SMARTS) is 1. The molecule has 266 valence electrons. The lowest BCUT2D eigenvalue weighted by atomic mass is 9.80. The predicted octanol–water partition coefficient (Wildman–Crippen LogP) is 7.31. The van der Waals surface area contributed by atoms with Crippen LogP contribution >= 0.6 is 34.8 Å². The molecule has 3 amide bonds. The van der Waals surface area contributed by atoms with Crippen LogP contribution in [0, 0.1) is 12.8 Å². The Morgan fingerprint density at radius 1 is 0.980 bits per heavy atom. The van der Waals surface area contributed by atoms with Gasteiger partial charge in [0.1, 0.15) is 11.9 Å². The first-order chi connectivity index (χ1) is 24.0. The van der Waals surface area contributed by atoms with Gasteiger partial charge in [0.15, 0.2) is 5.75 Å². The fourth-order valence-corrected chi connectivity index (χ4v) is 7.79. The Balaban J connectivity index is 1.17. The number of piperidine rings is 1. The summed E-state index contributed by atoms with van der Waals surface area (Å²) in [5.41, 5.74) is 3.56. The van der Waals surface area contributed by atoms with Gasteiger partial charge in [-0.05, 0) is 72.7 Å². The Morgan fingerprint density at radius 3 is 2.40 bits per heavy atom. The van der Waals surface area contributed by atoms with E-state index in [1.54, 1.807) is 13.0 Å². The molecule has 3 aromatic rings. The van der Waals surface area contributed by atoms with Crippen LogP contribution in [0.4, 0.5) is 10.6 Å². The molecule has 2 aliphatic heterocycles. The summed E-state index contributed by atoms with van der Waals surface area (Å²) in [6.07, 6.45) is 4.14. The van der Waals surface area contributed by atoms with Gasteiger partial charge >= 0.3 is 6.09 Å². The van der Waals surface area contributed by atoms with E-state index in [4.69, 9.17) is 44.5 Å². The molecule has 0 spiro atoms. The first-order valence-corrected chi connectivity index (χ1v) is 18.3. The van der Waals surface area contributed by atoms with E-state index in [-0.39, 0.29) is 36.4 Å². The van der Waals surface area contributed by atoms with Crippen LogP contribution in [0.3, 0.4) is 0 Å². The fourth-order valence-electron chi connectivity index (χ4n) is 6.93. The lowest BCUT2D eigenvalue weighted by Gasteiger charge is -2.39. The largest absolute Gasteiger partial charge is 0.485 e. The van der Waals surface area contributed by atoms with Gasteiger partial charge < -0.3 is 29.9 Å². The molecule has 1 aromatic heterocycles. The summed E-state index contributed by atoms with van der Waals surface area (Å²) in [4.78, 5) is 48.5. The Morgan fingerprint density at radius 2 is 1.74 bits per heavy atom. The molecule has 0 unspecified atom stereocenters. The van der Waals surface area contributed by atoms with Crippen LogP contribution < -0.4 is 15.0 Å². The van der Waals surface area contributed by atoms with Crippen molar-refractivity contribution in [3.05, 3.63) is 86.0 Å². The quantitative estimate of drug-likeness (QED) is 0.212. The number of anilines is 1. The van der Waals surface area contributed by atoms with E-state index in [1.807, 2.05) is 54.4 Å². The summed E-state index contributed by atoms with van der Waals surface area (Å²) in [5.74, 6) is 0.392. The number of rotatable bonds is 11. The molecule has 50 heavy (non-hydrogen) atoms. The lowest BCUT2D eigenvalue weighted by molar-refractivity contribution is -0.139. The number of nitrogens with zero attached hydrogens (tertiary/aromatic N) is 4. The van der Waals surface area contributed by atoms with Crippen LogP contribution in [-0.2, 0) is 22.7 Å². The van der Waals surface area contributed by atoms with E-state index in [0.29, 0.717) is 59.8 Å². The van der Waals surface area contributed by atoms with Crippen molar-refractivity contribution in [1.29, 1.82) is 0 Å². The third-order valence-electron chi connectivity index (χ3n) is 9.83. The van der Waals surface area contributed by atoms with Crippen LogP contribution in [0.25, 0.3) is 0 Å². The summed E-state index contributed by atoms with van der Waals surface area (Å²) in [7, 11) is 0. The first-order valence-electron chi connectivity index (χ1n) is 17.2. The van der Waals surface area contributed by atoms with E-state index in [0.717, 1.165) is 53.9 Å². The molecule has 3 atom stereocenters. The molecule has 0 bridgehead atoms. The average molecular weight is 743 g/mol. The van der Waals surface area contributed by atoms with Crippen LogP contribution in [0.5, 0.6) is 5.75 Å². The third kappa shape index (κ3) is 8.41. The summed E-state index contributed by atoms with van der Waals surface area (Å²) >= 11 is 19.5. The van der Waals surface area contributed by atoms with Gasteiger partial charge in [-0.2, -0.15) is 0 Å². The maximum absolute atomic E-state index is 14.5. The van der Waals surface area contributed by atoms with Gasteiger partial charge in [0.05, 0.1) is 22.5 Å². The lowest BCUT2D eigenvalue weighted by Crippen LogP contribution is -2.49. The van der Waals surface area contributed by atoms with Crippen LogP contribution in [0.2, 0.25) is 15.1 Å². The van der Waals surface area contributed by atoms with Crippen molar-refractivity contribution in [3.8, 4) is 5.75 Å². The Hall–Kier alpha value is -3.73. The zero-order chi connectivity index (χ0) is 35.5. The van der Waals surface area contributed by atoms with Gasteiger partial charge in [-0.1, -0.05) is 59.9 Å². The number of ether oxygens (including phenoxy) is 1. The van der Waals surface area contributed by atoms with Crippen molar-refractivity contribution in [2.45, 2.75) is 77.1 Å². The second-order valence-corrected chi connectivity index (χ2v) is 14.7. The molecule has 1 aliphatic carbocycles. The number of likely N-dealkylation sites (tertiary alicyclic amines) is 1. The molecule has 0 radical (unpaired) electrons. The van der Waals surface area contributed by atoms with Crippen LogP contribution in [-0.4, -0.2) is 76.1 Å². The SMILES string of the molecule is CCC(=O)NCc1ccc(Cl)c(CN(C(=O)[C@H]2CN(C(=O)O)CC[C@@H]2c2ccc(N3CC[C@H](Oc4c(Cl)cc(C)cc4Cl)C3)nc2)C2CC2)c1. The molecular formula is C37H42Cl3N5O5. The number of hydrogen-bond acceptors (Lipinski definition) is 6. The normalized spacial score (nSPS) is 20.5. The summed E-state index contributed by atoms with van der Waals surface area (Å²) < 4.78 is 6.21. The van der Waals surface area contributed by atoms with Crippen LogP contribution in [0.15, 0.2) is 48.7 Å². The zero-order valence-corrected chi connectivity index (χ0v) is 30.5. The number of halogens is 3. The number of nitrogens with one attached hydrogen (secondary N) is 1. The van der Waals surface area contributed by atoms with Crippen LogP contribution in [0.1, 0.15) is 67.2 Å². The van der Waals surface area contributed by atoms with Gasteiger partial charge in [-0.3, -0.25) is 9.59 Å². The van der Waals surface area contributed by atoms with E-state index >= 15 is 0 Å². The Labute approximate surface area is 307 Å². The second kappa shape index (κ2) is 15.7. The van der Waals surface area contributed by atoms with E-state index < -0.39 is 12.0 Å². The van der Waals surface area contributed by atoms with Crippen molar-refractivity contribution in [1.82, 2.24) is 20.1 Å². The monoisotopic (exact) mass is 741 g/mol. The van der Waals surface area contributed by atoms with E-state index in [2.05, 4.69) is 10.2 Å². The van der Waals surface area contributed by atoms with Crippen molar-refractivity contribution < 1.29 is 24.2 Å². The van der Waals surface area contributed by atoms with E-state index in [9.17, 15) is 19.5 Å². The number of hydrogen-bond donors (Lipinski definition) is 2. The highest BCUT2D eigenvalue weighted by Gasteiger charge is 2.43. The van der Waals surface area contributed by atoms with Gasteiger partial charge in [0.2, 0.25) is 11.8 Å². The minimum Gasteiger partial charge on any atom is -0.485 e. The topological polar surface area (TPSA) is 115 Å². The van der Waals surface area contributed by atoms with Gasteiger partial charge in [0.25, 0.3) is 0 Å². The summed E-state index contributed by atoms with van der Waals surface area (Å²) in [5, 5.41) is 14.3. The highest BCUT2D eigenvalue weighted by molar-refractivity contribution is 6.37. The second-order valence-electron chi connectivity index (χ2n) is 13.5. The van der Waals surface area contributed by atoms with Gasteiger partial charge in [-0.25, -0.2) is 9.78 Å². The third-order valence-corrected chi connectivity index (χ3v) is 10.8. The molecular weight excluding hydrogens is 701 g/mol. The summed E-state index contributed by atoms with van der Waals surface area (Å²) in [6.45, 7) is 6.23. The maximum atomic E-state index is 14.5. The van der Waals surface area contributed by atoms with Crippen molar-refractivity contribution in [2.75, 3.05) is 31.1 Å². The van der Waals surface area contributed by atoms with Crippen molar-refractivity contribution in [2.24, 2.45) is 5.92 Å². The van der Waals surface area contributed by atoms with Gasteiger partial charge in [-0.15, -0.1) is 0 Å². The Kier molecular flexibility index (Phi) is 11.3. The number of aryl methyl sites for hydroxylation is 1. The predicted molar refractivity (Wildman–Crippen MR) is 194 cm³/mol. The molecule has 10 nitrogen and oxygen atoms in total. The highest BCUT2D eigenvalue weighted by atomic mass is 35.5. The molecule has 2 aromatic carbocycles. The average Bonchev–Trinajstić information content (AvgIpc) is 3.84. The summed E-state index contributed by atoms with van der Waals surface area (Å²) in [6, 6.07) is 13.3. The first kappa shape index (κ1) is 36.1. The van der Waals surface area contributed by atoms with Crippen molar-refractivity contribution >= 4 is 58.5 Å². The molecule has 2 N–H and O–H groups in total. The standard InChI is InChI=1S/C37H42Cl3N5O5/c1-3-34(46)42-17-23-4-8-30(38)25(16-23)19-45(26-6-7-26)36(47)29-21-44(37(48)49)13-11-28(29)24-5-9-33(41-18-24)43-12-10-27(20-43)50-35-31(39)14-22(2)15-32(35)40/h4-5,8-9,14-16,18,26-29H,3,6-7,10-13,17,19-21H2,1-2H3,(H,42,46)(H,48,49)/t27-,28+,29-/m0/s1. The number of aromatic nitrogens is 1. The molecule has 3 heterocycles. The Bertz CT molecular complexity index is 1710. The maximum Gasteiger partial charge on any atom is 0.407 e. The molecule has 13 heteroatoms.